The number of allylic oxidation sites excluding steroid dienone is 2. The van der Waals surface area contributed by atoms with Crippen molar-refractivity contribution in [2.75, 3.05) is 13.2 Å². The number of hydrogen-bond acceptors (Lipinski definition) is 4. The Balaban J connectivity index is 4.53. The molecule has 0 bridgehead atoms. The van der Waals surface area contributed by atoms with E-state index in [-0.39, 0.29) is 0 Å². The van der Waals surface area contributed by atoms with Gasteiger partial charge >= 0.3 is 11.9 Å². The van der Waals surface area contributed by atoms with E-state index < -0.39 is 11.9 Å². The molecule has 0 aliphatic carbocycles. The zero-order valence-corrected chi connectivity index (χ0v) is 10.2. The second-order valence-corrected chi connectivity index (χ2v) is 3.16. The zero-order chi connectivity index (χ0) is 12.6. The minimum atomic E-state index is -0.406. The molecule has 0 saturated heterocycles. The average Bonchev–Trinajstić information content (AvgIpc) is 2.17. The number of carbonyl (C=O) groups is 2. The molecule has 0 aromatic heterocycles. The van der Waals surface area contributed by atoms with Gasteiger partial charge in [-0.1, -0.05) is 0 Å². The standard InChI is InChI=1S/C12H18O4/c1-5-15-11(13)7-9(3)10(4)8-12(14)16-6-2/h7-8H,5-6H2,1-4H3/b9-7+,10-8+. The molecule has 0 aliphatic rings. The summed E-state index contributed by atoms with van der Waals surface area (Å²) in [6, 6.07) is 0. The molecule has 0 heterocycles. The fourth-order valence-electron chi connectivity index (χ4n) is 0.949. The molecular formula is C12H18O4. The Morgan fingerprint density at radius 1 is 0.875 bits per heavy atom. The maximum absolute atomic E-state index is 11.1. The quantitative estimate of drug-likeness (QED) is 0.409. The van der Waals surface area contributed by atoms with E-state index in [0.29, 0.717) is 24.4 Å². The second kappa shape index (κ2) is 7.68. The van der Waals surface area contributed by atoms with Gasteiger partial charge < -0.3 is 9.47 Å². The number of esters is 2. The maximum Gasteiger partial charge on any atom is 0.331 e. The smallest absolute Gasteiger partial charge is 0.331 e. The SMILES string of the molecule is CCOC(=O)/C=C(C)/C(C)=C/C(=O)OCC. The highest BCUT2D eigenvalue weighted by Gasteiger charge is 2.02. The summed E-state index contributed by atoms with van der Waals surface area (Å²) in [5.41, 5.74) is 1.37. The maximum atomic E-state index is 11.1. The van der Waals surface area contributed by atoms with Crippen LogP contribution >= 0.6 is 0 Å². The molecule has 0 unspecified atom stereocenters. The molecule has 90 valence electrons. The van der Waals surface area contributed by atoms with Crippen molar-refractivity contribution in [1.82, 2.24) is 0 Å². The van der Waals surface area contributed by atoms with Crippen LogP contribution in [-0.4, -0.2) is 25.2 Å². The summed E-state index contributed by atoms with van der Waals surface area (Å²) in [6.07, 6.45) is 2.71. The molecule has 0 radical (unpaired) electrons. The van der Waals surface area contributed by atoms with Crippen molar-refractivity contribution >= 4 is 11.9 Å². The first kappa shape index (κ1) is 14.4. The van der Waals surface area contributed by atoms with Gasteiger partial charge in [0.15, 0.2) is 0 Å². The van der Waals surface area contributed by atoms with Gasteiger partial charge in [0, 0.05) is 12.2 Å². The van der Waals surface area contributed by atoms with Crippen LogP contribution in [0, 0.1) is 0 Å². The van der Waals surface area contributed by atoms with E-state index in [1.807, 2.05) is 0 Å². The third-order valence-electron chi connectivity index (χ3n) is 1.86. The average molecular weight is 226 g/mol. The van der Waals surface area contributed by atoms with Crippen LogP contribution in [0.15, 0.2) is 23.3 Å². The predicted octanol–water partition coefficient (Wildman–Crippen LogP) is 2.01. The van der Waals surface area contributed by atoms with E-state index >= 15 is 0 Å². The summed E-state index contributed by atoms with van der Waals surface area (Å²) >= 11 is 0. The van der Waals surface area contributed by atoms with Gasteiger partial charge in [-0.2, -0.15) is 0 Å². The third-order valence-corrected chi connectivity index (χ3v) is 1.86. The minimum Gasteiger partial charge on any atom is -0.463 e. The van der Waals surface area contributed by atoms with Gasteiger partial charge in [-0.25, -0.2) is 9.59 Å². The molecular weight excluding hydrogens is 208 g/mol. The molecule has 0 spiro atoms. The number of ether oxygens (including phenoxy) is 2. The van der Waals surface area contributed by atoms with Crippen molar-refractivity contribution in [2.45, 2.75) is 27.7 Å². The fourth-order valence-corrected chi connectivity index (χ4v) is 0.949. The van der Waals surface area contributed by atoms with Crippen LogP contribution in [0.5, 0.6) is 0 Å². The van der Waals surface area contributed by atoms with Crippen LogP contribution in [0.4, 0.5) is 0 Å². The highest BCUT2D eigenvalue weighted by atomic mass is 16.5. The van der Waals surface area contributed by atoms with Crippen molar-refractivity contribution in [3.63, 3.8) is 0 Å². The Labute approximate surface area is 95.9 Å². The van der Waals surface area contributed by atoms with Gasteiger partial charge in [0.05, 0.1) is 13.2 Å². The Morgan fingerprint density at radius 3 is 1.44 bits per heavy atom. The Morgan fingerprint density at radius 2 is 1.19 bits per heavy atom. The zero-order valence-electron chi connectivity index (χ0n) is 10.2. The van der Waals surface area contributed by atoms with Crippen LogP contribution in [0.2, 0.25) is 0 Å². The lowest BCUT2D eigenvalue weighted by molar-refractivity contribution is -0.138. The molecule has 0 amide bonds. The first-order valence-electron chi connectivity index (χ1n) is 5.21. The molecule has 0 aromatic carbocycles. The largest absolute Gasteiger partial charge is 0.463 e. The van der Waals surface area contributed by atoms with Crippen molar-refractivity contribution in [3.05, 3.63) is 23.3 Å². The van der Waals surface area contributed by atoms with Crippen LogP contribution in [-0.2, 0) is 19.1 Å². The molecule has 0 saturated carbocycles. The van der Waals surface area contributed by atoms with E-state index in [2.05, 4.69) is 0 Å². The minimum absolute atomic E-state index is 0.337. The summed E-state index contributed by atoms with van der Waals surface area (Å²) in [6.45, 7) is 7.63. The molecule has 16 heavy (non-hydrogen) atoms. The van der Waals surface area contributed by atoms with Gasteiger partial charge in [-0.05, 0) is 38.8 Å². The Kier molecular flexibility index (Phi) is 6.92. The monoisotopic (exact) mass is 226 g/mol. The summed E-state index contributed by atoms with van der Waals surface area (Å²) in [4.78, 5) is 22.3. The van der Waals surface area contributed by atoms with Gasteiger partial charge in [0.25, 0.3) is 0 Å². The van der Waals surface area contributed by atoms with Crippen molar-refractivity contribution in [3.8, 4) is 0 Å². The summed E-state index contributed by atoms with van der Waals surface area (Å²) in [5, 5.41) is 0. The van der Waals surface area contributed by atoms with Gasteiger partial charge in [-0.15, -0.1) is 0 Å². The van der Waals surface area contributed by atoms with Crippen LogP contribution < -0.4 is 0 Å². The van der Waals surface area contributed by atoms with Crippen LogP contribution in [0.25, 0.3) is 0 Å². The Bertz CT molecular complexity index is 281. The van der Waals surface area contributed by atoms with Gasteiger partial charge in [-0.3, -0.25) is 0 Å². The topological polar surface area (TPSA) is 52.6 Å². The highest BCUT2D eigenvalue weighted by Crippen LogP contribution is 2.08. The van der Waals surface area contributed by atoms with E-state index in [0.717, 1.165) is 0 Å². The van der Waals surface area contributed by atoms with Gasteiger partial charge in [0.2, 0.25) is 0 Å². The molecule has 0 fully saturated rings. The van der Waals surface area contributed by atoms with Crippen LogP contribution in [0.1, 0.15) is 27.7 Å². The van der Waals surface area contributed by atoms with Crippen molar-refractivity contribution < 1.29 is 19.1 Å². The highest BCUT2D eigenvalue weighted by molar-refractivity contribution is 5.86. The van der Waals surface area contributed by atoms with Crippen LogP contribution in [0.3, 0.4) is 0 Å². The van der Waals surface area contributed by atoms with E-state index in [9.17, 15) is 9.59 Å². The molecule has 4 heteroatoms. The first-order chi connectivity index (χ1) is 7.51. The predicted molar refractivity (Wildman–Crippen MR) is 60.8 cm³/mol. The molecule has 0 aliphatic heterocycles. The van der Waals surface area contributed by atoms with E-state index in [1.54, 1.807) is 27.7 Å². The summed E-state index contributed by atoms with van der Waals surface area (Å²) in [5.74, 6) is -0.812. The second-order valence-electron chi connectivity index (χ2n) is 3.16. The molecule has 4 nitrogen and oxygen atoms in total. The normalized spacial score (nSPS) is 12.2. The lowest BCUT2D eigenvalue weighted by Gasteiger charge is -2.02. The van der Waals surface area contributed by atoms with Crippen molar-refractivity contribution in [2.24, 2.45) is 0 Å². The number of rotatable bonds is 5. The fraction of sp³-hybridized carbons (Fsp3) is 0.500. The lowest BCUT2D eigenvalue weighted by atomic mass is 10.1. The third kappa shape index (κ3) is 6.01. The number of hydrogen-bond donors (Lipinski definition) is 0. The summed E-state index contributed by atoms with van der Waals surface area (Å²) < 4.78 is 9.51. The molecule has 0 atom stereocenters. The van der Waals surface area contributed by atoms with E-state index in [1.165, 1.54) is 12.2 Å². The van der Waals surface area contributed by atoms with Crippen molar-refractivity contribution in [1.29, 1.82) is 0 Å². The molecule has 0 rings (SSSR count). The van der Waals surface area contributed by atoms with E-state index in [4.69, 9.17) is 9.47 Å². The first-order valence-corrected chi connectivity index (χ1v) is 5.21. The Hall–Kier alpha value is -1.58. The molecule has 0 aromatic rings. The lowest BCUT2D eigenvalue weighted by Crippen LogP contribution is -2.03. The summed E-state index contributed by atoms with van der Waals surface area (Å²) in [7, 11) is 0. The van der Waals surface area contributed by atoms with Gasteiger partial charge in [0.1, 0.15) is 0 Å². The molecule has 0 N–H and O–H groups in total. The number of carbonyl (C=O) groups excluding carboxylic acids is 2.